The summed E-state index contributed by atoms with van der Waals surface area (Å²) in [6, 6.07) is 6.65. The lowest BCUT2D eigenvalue weighted by Gasteiger charge is -2.05. The summed E-state index contributed by atoms with van der Waals surface area (Å²) in [5, 5.41) is 6.11. The fraction of sp³-hybridized carbons (Fsp3) is 0.208. The standard InChI is InChI=1S/C24H24Cl2FN3/c1-3-21-22(30-24(29-21)23-19(25)9-4-5-10-20(23)26)13-16(2)15-28-12-11-17-7-6-8-18(27)14-17/h3-4,6-10,13-14,28H,2,5,11-12,15H2,1H3,(H,29,30)/b21-3+,22-13+. The Morgan fingerprint density at radius 3 is 2.97 bits per heavy atom. The maximum absolute atomic E-state index is 13.2. The first-order valence-corrected chi connectivity index (χ1v) is 10.5. The summed E-state index contributed by atoms with van der Waals surface area (Å²) in [5.41, 5.74) is 2.55. The van der Waals surface area contributed by atoms with E-state index in [2.05, 4.69) is 21.9 Å². The van der Waals surface area contributed by atoms with Crippen LogP contribution >= 0.6 is 23.2 Å². The van der Waals surface area contributed by atoms with E-state index in [1.165, 1.54) is 6.07 Å². The van der Waals surface area contributed by atoms with Crippen molar-refractivity contribution in [2.45, 2.75) is 19.8 Å². The fourth-order valence-electron chi connectivity index (χ4n) is 3.15. The Hall–Kier alpha value is -2.40. The molecule has 3 rings (SSSR count). The number of imidazole rings is 1. The topological polar surface area (TPSA) is 40.7 Å². The summed E-state index contributed by atoms with van der Waals surface area (Å²) in [5.74, 6) is 0.414. The Morgan fingerprint density at radius 1 is 1.37 bits per heavy atom. The molecule has 0 bridgehead atoms. The highest BCUT2D eigenvalue weighted by Crippen LogP contribution is 2.31. The van der Waals surface area contributed by atoms with Crippen molar-refractivity contribution in [3.8, 4) is 0 Å². The lowest BCUT2D eigenvalue weighted by Crippen LogP contribution is -2.26. The molecule has 1 heterocycles. The first-order valence-electron chi connectivity index (χ1n) is 9.77. The summed E-state index contributed by atoms with van der Waals surface area (Å²) in [4.78, 5) is 7.97. The minimum Gasteiger partial charge on any atom is -0.338 e. The van der Waals surface area contributed by atoms with Gasteiger partial charge in [0.1, 0.15) is 11.6 Å². The van der Waals surface area contributed by atoms with E-state index in [4.69, 9.17) is 23.2 Å². The average molecular weight is 444 g/mol. The highest BCUT2D eigenvalue weighted by Gasteiger charge is 2.15. The molecular weight excluding hydrogens is 420 g/mol. The van der Waals surface area contributed by atoms with Gasteiger partial charge in [-0.15, -0.1) is 0 Å². The largest absolute Gasteiger partial charge is 0.338 e. The molecular formula is C24H24Cl2FN3. The molecule has 0 amide bonds. The third-order valence-corrected chi connectivity index (χ3v) is 5.28. The molecule has 0 spiro atoms. The van der Waals surface area contributed by atoms with Crippen molar-refractivity contribution in [2.75, 3.05) is 13.1 Å². The minimum absolute atomic E-state index is 0.210. The quantitative estimate of drug-likeness (QED) is 0.616. The Kier molecular flexibility index (Phi) is 7.86. The second-order valence-corrected chi connectivity index (χ2v) is 7.76. The first kappa shape index (κ1) is 22.3. The van der Waals surface area contributed by atoms with Gasteiger partial charge in [-0.1, -0.05) is 60.1 Å². The second-order valence-electron chi connectivity index (χ2n) is 6.95. The van der Waals surface area contributed by atoms with Crippen LogP contribution in [0.3, 0.4) is 0 Å². The van der Waals surface area contributed by atoms with Crippen molar-refractivity contribution in [1.29, 1.82) is 0 Å². The van der Waals surface area contributed by atoms with Crippen LogP contribution in [-0.4, -0.2) is 23.1 Å². The van der Waals surface area contributed by atoms with Gasteiger partial charge >= 0.3 is 0 Å². The van der Waals surface area contributed by atoms with Crippen LogP contribution in [0.1, 0.15) is 24.7 Å². The van der Waals surface area contributed by atoms with Gasteiger partial charge in [0.15, 0.2) is 0 Å². The Morgan fingerprint density at radius 2 is 2.20 bits per heavy atom. The number of rotatable bonds is 7. The van der Waals surface area contributed by atoms with E-state index in [0.29, 0.717) is 28.0 Å². The van der Waals surface area contributed by atoms with E-state index in [1.54, 1.807) is 12.1 Å². The lowest BCUT2D eigenvalue weighted by atomic mass is 10.1. The van der Waals surface area contributed by atoms with Gasteiger partial charge in [-0.25, -0.2) is 9.37 Å². The van der Waals surface area contributed by atoms with Gasteiger partial charge in [-0.05, 0) is 61.7 Å². The van der Waals surface area contributed by atoms with Gasteiger partial charge in [0, 0.05) is 11.6 Å². The SMILES string of the molecule is C=C(/C=c1/[nH]c(C2=C(Cl)C=CCC=C2Cl)n/c1=C/C)CNCCc1cccc(F)c1. The number of hydrogen-bond acceptors (Lipinski definition) is 2. The Labute approximate surface area is 186 Å². The monoisotopic (exact) mass is 443 g/mol. The van der Waals surface area contributed by atoms with Gasteiger partial charge in [0.05, 0.1) is 21.3 Å². The zero-order valence-corrected chi connectivity index (χ0v) is 18.3. The molecule has 0 saturated heterocycles. The Balaban J connectivity index is 1.71. The van der Waals surface area contributed by atoms with Crippen molar-refractivity contribution in [1.82, 2.24) is 15.3 Å². The van der Waals surface area contributed by atoms with Crippen LogP contribution < -0.4 is 16.0 Å². The van der Waals surface area contributed by atoms with E-state index in [-0.39, 0.29) is 5.82 Å². The van der Waals surface area contributed by atoms with Crippen LogP contribution in [0, 0.1) is 5.82 Å². The molecule has 0 fully saturated rings. The molecule has 1 aromatic carbocycles. The number of H-pyrrole nitrogens is 1. The van der Waals surface area contributed by atoms with Crippen LogP contribution in [0.25, 0.3) is 17.7 Å². The van der Waals surface area contributed by atoms with Crippen molar-refractivity contribution in [2.24, 2.45) is 0 Å². The molecule has 2 aromatic rings. The lowest BCUT2D eigenvalue weighted by molar-refractivity contribution is 0.624. The van der Waals surface area contributed by atoms with Crippen molar-refractivity contribution in [3.63, 3.8) is 0 Å². The average Bonchev–Trinajstić information content (AvgIpc) is 3.02. The zero-order chi connectivity index (χ0) is 21.5. The van der Waals surface area contributed by atoms with Crippen molar-refractivity contribution >= 4 is 40.9 Å². The van der Waals surface area contributed by atoms with E-state index in [0.717, 1.165) is 41.2 Å². The second kappa shape index (κ2) is 10.6. The molecule has 156 valence electrons. The number of benzene rings is 1. The predicted molar refractivity (Wildman–Crippen MR) is 125 cm³/mol. The van der Waals surface area contributed by atoms with Crippen LogP contribution in [-0.2, 0) is 6.42 Å². The highest BCUT2D eigenvalue weighted by molar-refractivity contribution is 6.42. The smallest absolute Gasteiger partial charge is 0.141 e. The summed E-state index contributed by atoms with van der Waals surface area (Å²) in [7, 11) is 0. The van der Waals surface area contributed by atoms with E-state index in [9.17, 15) is 4.39 Å². The van der Waals surface area contributed by atoms with Gasteiger partial charge in [0.25, 0.3) is 0 Å². The van der Waals surface area contributed by atoms with Gasteiger partial charge in [-0.2, -0.15) is 0 Å². The third kappa shape index (κ3) is 5.82. The third-order valence-electron chi connectivity index (χ3n) is 4.63. The van der Waals surface area contributed by atoms with Crippen molar-refractivity contribution in [3.05, 3.63) is 92.6 Å². The van der Waals surface area contributed by atoms with Crippen LogP contribution in [0.5, 0.6) is 0 Å². The first-order chi connectivity index (χ1) is 14.5. The molecule has 1 aliphatic rings. The van der Waals surface area contributed by atoms with E-state index in [1.807, 2.05) is 43.4 Å². The number of nitrogens with zero attached hydrogens (tertiary/aromatic N) is 1. The summed E-state index contributed by atoms with van der Waals surface area (Å²) in [6.07, 6.45) is 11.1. The molecule has 1 aliphatic carbocycles. The number of halogens is 3. The van der Waals surface area contributed by atoms with Crippen LogP contribution in [0.4, 0.5) is 4.39 Å². The normalized spacial score (nSPS) is 15.5. The van der Waals surface area contributed by atoms with Crippen molar-refractivity contribution < 1.29 is 4.39 Å². The number of allylic oxidation sites excluding steroid dienone is 6. The molecule has 2 N–H and O–H groups in total. The number of hydrogen-bond donors (Lipinski definition) is 2. The van der Waals surface area contributed by atoms with Gasteiger partial charge in [-0.3, -0.25) is 0 Å². The van der Waals surface area contributed by atoms with Gasteiger partial charge < -0.3 is 10.3 Å². The number of nitrogens with one attached hydrogen (secondary N) is 2. The predicted octanol–water partition coefficient (Wildman–Crippen LogP) is 4.55. The minimum atomic E-state index is -0.210. The summed E-state index contributed by atoms with van der Waals surface area (Å²) in [6.45, 7) is 7.39. The van der Waals surface area contributed by atoms with Crippen LogP contribution in [0.2, 0.25) is 0 Å². The molecule has 0 unspecified atom stereocenters. The van der Waals surface area contributed by atoms with E-state index < -0.39 is 0 Å². The molecule has 1 aromatic heterocycles. The molecule has 0 atom stereocenters. The summed E-state index contributed by atoms with van der Waals surface area (Å²) >= 11 is 12.8. The van der Waals surface area contributed by atoms with Gasteiger partial charge in [0.2, 0.25) is 0 Å². The maximum Gasteiger partial charge on any atom is 0.141 e. The molecule has 3 nitrogen and oxygen atoms in total. The Bertz CT molecular complexity index is 1140. The summed E-state index contributed by atoms with van der Waals surface area (Å²) < 4.78 is 13.2. The molecule has 6 heteroatoms. The highest BCUT2D eigenvalue weighted by atomic mass is 35.5. The van der Waals surface area contributed by atoms with E-state index >= 15 is 0 Å². The van der Waals surface area contributed by atoms with Crippen LogP contribution in [0.15, 0.2) is 64.7 Å². The molecule has 0 radical (unpaired) electrons. The number of aromatic amines is 1. The fourth-order valence-corrected chi connectivity index (χ4v) is 3.76. The molecule has 30 heavy (non-hydrogen) atoms. The zero-order valence-electron chi connectivity index (χ0n) is 16.8. The molecule has 0 aliphatic heterocycles. The maximum atomic E-state index is 13.2. The molecule has 0 saturated carbocycles. The number of aromatic nitrogens is 2.